The zero-order valence-electron chi connectivity index (χ0n) is 24.2. The number of hydrogen-bond acceptors (Lipinski definition) is 7. The number of carbonyl (C=O) groups is 2. The van der Waals surface area contributed by atoms with Gasteiger partial charge in [0.1, 0.15) is 12.0 Å². The molecule has 2 unspecified atom stereocenters. The second-order valence-corrected chi connectivity index (χ2v) is 13.4. The van der Waals surface area contributed by atoms with Crippen molar-refractivity contribution < 1.29 is 22.7 Å². The van der Waals surface area contributed by atoms with Crippen LogP contribution < -0.4 is 4.31 Å². The Balaban J connectivity index is 1.35. The molecule has 0 spiro atoms. The molecule has 2 atom stereocenters. The van der Waals surface area contributed by atoms with E-state index in [9.17, 15) is 18.0 Å². The molecule has 1 saturated carbocycles. The van der Waals surface area contributed by atoms with Crippen LogP contribution in [0, 0.1) is 23.2 Å². The normalized spacial score (nSPS) is 18.3. The van der Waals surface area contributed by atoms with Gasteiger partial charge in [-0.3, -0.25) is 13.9 Å². The summed E-state index contributed by atoms with van der Waals surface area (Å²) in [7, 11) is -2.61. The maximum absolute atomic E-state index is 14.5. The van der Waals surface area contributed by atoms with Crippen LogP contribution in [0.15, 0.2) is 108 Å². The molecule has 9 heteroatoms. The number of nitrogens with zero attached hydrogens (tertiary/aromatic N) is 3. The number of benzene rings is 3. The molecule has 2 aliphatic rings. The van der Waals surface area contributed by atoms with Gasteiger partial charge in [0.15, 0.2) is 16.4 Å². The Labute approximate surface area is 257 Å². The number of cyclic esters (lactones) is 1. The van der Waals surface area contributed by atoms with Crippen LogP contribution >= 0.6 is 0 Å². The van der Waals surface area contributed by atoms with Crippen LogP contribution in [0.25, 0.3) is 0 Å². The van der Waals surface area contributed by atoms with Crippen molar-refractivity contribution in [3.05, 3.63) is 126 Å². The predicted molar refractivity (Wildman–Crippen MR) is 164 cm³/mol. The molecule has 6 rings (SSSR count). The number of ether oxygens (including phenoxy) is 1. The highest BCUT2D eigenvalue weighted by molar-refractivity contribution is 7.92. The van der Waals surface area contributed by atoms with E-state index >= 15 is 0 Å². The summed E-state index contributed by atoms with van der Waals surface area (Å²) < 4.78 is 34.1. The first kappa shape index (κ1) is 29.3. The molecule has 1 aromatic heterocycles. The Kier molecular flexibility index (Phi) is 7.78. The lowest BCUT2D eigenvalue weighted by Gasteiger charge is -2.28. The lowest BCUT2D eigenvalue weighted by Crippen LogP contribution is -2.43. The van der Waals surface area contributed by atoms with Crippen LogP contribution in [0.3, 0.4) is 0 Å². The summed E-state index contributed by atoms with van der Waals surface area (Å²) in [5.74, 6) is -2.13. The SMILES string of the molecule is CN(c1cccc(C(C2CC2)C2C(=O)OC(Cc3ccccc3)(Cc3ccccc3)C2=O)c1)S(=O)(=O)c1ccc(C#N)cn1. The molecule has 1 saturated heterocycles. The molecular formula is C35H31N3O5S. The van der Waals surface area contributed by atoms with E-state index in [0.29, 0.717) is 11.3 Å². The van der Waals surface area contributed by atoms with Gasteiger partial charge in [0.2, 0.25) is 0 Å². The number of anilines is 1. The van der Waals surface area contributed by atoms with Gasteiger partial charge in [-0.25, -0.2) is 4.98 Å². The molecule has 0 amide bonds. The van der Waals surface area contributed by atoms with Crippen LogP contribution in [0.1, 0.15) is 41.0 Å². The molecule has 4 aromatic rings. The average molecular weight is 606 g/mol. The minimum atomic E-state index is -4.04. The smallest absolute Gasteiger partial charge is 0.318 e. The quantitative estimate of drug-likeness (QED) is 0.179. The first-order chi connectivity index (χ1) is 21.2. The number of carbonyl (C=O) groups excluding carboxylic acids is 2. The van der Waals surface area contributed by atoms with E-state index in [4.69, 9.17) is 10.00 Å². The molecule has 1 aliphatic heterocycles. The number of ketones is 1. The Bertz CT molecular complexity index is 1790. The van der Waals surface area contributed by atoms with Crippen molar-refractivity contribution in [1.82, 2.24) is 4.98 Å². The second kappa shape index (κ2) is 11.7. The zero-order valence-corrected chi connectivity index (χ0v) is 25.0. The van der Waals surface area contributed by atoms with Gasteiger partial charge in [0, 0.05) is 32.0 Å². The van der Waals surface area contributed by atoms with Crippen molar-refractivity contribution in [1.29, 1.82) is 5.26 Å². The topological polar surface area (TPSA) is 117 Å². The van der Waals surface area contributed by atoms with Gasteiger partial charge >= 0.3 is 5.97 Å². The minimum absolute atomic E-state index is 0.0955. The van der Waals surface area contributed by atoms with Crippen LogP contribution in [0.4, 0.5) is 5.69 Å². The number of Topliss-reactive ketones (excluding diaryl/α,β-unsaturated/α-hetero) is 1. The number of esters is 1. The fourth-order valence-corrected chi connectivity index (χ4v) is 7.26. The summed E-state index contributed by atoms with van der Waals surface area (Å²) in [5.41, 5.74) is 1.79. The van der Waals surface area contributed by atoms with Crippen molar-refractivity contribution in [2.75, 3.05) is 11.4 Å². The minimum Gasteiger partial charge on any atom is -0.450 e. The first-order valence-corrected chi connectivity index (χ1v) is 16.0. The number of hydrogen-bond donors (Lipinski definition) is 0. The monoisotopic (exact) mass is 605 g/mol. The third kappa shape index (κ3) is 5.61. The Morgan fingerprint density at radius 2 is 1.57 bits per heavy atom. The number of aromatic nitrogens is 1. The number of rotatable bonds is 10. The predicted octanol–water partition coefficient (Wildman–Crippen LogP) is 5.24. The average Bonchev–Trinajstić information content (AvgIpc) is 3.85. The number of nitriles is 1. The van der Waals surface area contributed by atoms with Gasteiger partial charge in [-0.15, -0.1) is 0 Å². The second-order valence-electron chi connectivity index (χ2n) is 11.5. The third-order valence-electron chi connectivity index (χ3n) is 8.54. The van der Waals surface area contributed by atoms with E-state index in [-0.39, 0.29) is 35.1 Å². The van der Waals surface area contributed by atoms with Crippen LogP contribution in [0.2, 0.25) is 0 Å². The van der Waals surface area contributed by atoms with Crippen molar-refractivity contribution in [3.63, 3.8) is 0 Å². The van der Waals surface area contributed by atoms with Crippen molar-refractivity contribution in [2.45, 2.75) is 42.2 Å². The molecular weight excluding hydrogens is 574 g/mol. The molecule has 44 heavy (non-hydrogen) atoms. The van der Waals surface area contributed by atoms with Crippen LogP contribution in [-0.4, -0.2) is 37.8 Å². The lowest BCUT2D eigenvalue weighted by molar-refractivity contribution is -0.152. The molecule has 1 aliphatic carbocycles. The van der Waals surface area contributed by atoms with Crippen LogP contribution in [0.5, 0.6) is 0 Å². The first-order valence-electron chi connectivity index (χ1n) is 14.5. The fraction of sp³-hybridized carbons (Fsp3) is 0.257. The largest absolute Gasteiger partial charge is 0.450 e. The Morgan fingerprint density at radius 3 is 2.11 bits per heavy atom. The van der Waals surface area contributed by atoms with Gasteiger partial charge in [0.05, 0.1) is 11.3 Å². The lowest BCUT2D eigenvalue weighted by atomic mass is 9.74. The van der Waals surface area contributed by atoms with Crippen molar-refractivity contribution in [2.24, 2.45) is 11.8 Å². The summed E-state index contributed by atoms with van der Waals surface area (Å²) >= 11 is 0. The van der Waals surface area contributed by atoms with Crippen molar-refractivity contribution >= 4 is 27.5 Å². The number of sulfonamides is 1. The maximum atomic E-state index is 14.5. The van der Waals surface area contributed by atoms with E-state index < -0.39 is 33.4 Å². The van der Waals surface area contributed by atoms with E-state index in [1.807, 2.05) is 72.8 Å². The molecule has 8 nitrogen and oxygen atoms in total. The highest BCUT2D eigenvalue weighted by Gasteiger charge is 2.59. The summed E-state index contributed by atoms with van der Waals surface area (Å²) in [5, 5.41) is 8.86. The van der Waals surface area contributed by atoms with E-state index in [2.05, 4.69) is 4.98 Å². The van der Waals surface area contributed by atoms with Gasteiger partial charge in [-0.2, -0.15) is 13.7 Å². The maximum Gasteiger partial charge on any atom is 0.318 e. The van der Waals surface area contributed by atoms with E-state index in [0.717, 1.165) is 28.3 Å². The van der Waals surface area contributed by atoms with E-state index in [1.165, 1.54) is 25.4 Å². The Morgan fingerprint density at radius 1 is 0.932 bits per heavy atom. The molecule has 3 aromatic carbocycles. The standard InChI is InChI=1S/C35H31N3O5S/c1-38(44(41,42)30-18-15-26(22-36)23-37-30)29-14-8-13-28(19-29)31(27-16-17-27)32-33(39)35(43-34(32)40,20-24-9-4-2-5-10-24)21-25-11-6-3-7-12-25/h2-15,18-19,23,27,31-32H,16-17,20-21H2,1H3. The Hall–Kier alpha value is -4.81. The molecule has 2 heterocycles. The highest BCUT2D eigenvalue weighted by Crippen LogP contribution is 2.51. The molecule has 0 N–H and O–H groups in total. The summed E-state index contributed by atoms with van der Waals surface area (Å²) in [6.45, 7) is 0. The van der Waals surface area contributed by atoms with Gasteiger partial charge in [-0.1, -0.05) is 72.8 Å². The molecule has 0 radical (unpaired) electrons. The summed E-state index contributed by atoms with van der Waals surface area (Å²) in [6.07, 6.45) is 3.47. The molecule has 0 bridgehead atoms. The van der Waals surface area contributed by atoms with Crippen LogP contribution in [-0.2, 0) is 37.2 Å². The van der Waals surface area contributed by atoms with Gasteiger partial charge in [-0.05, 0) is 59.7 Å². The molecule has 222 valence electrons. The summed E-state index contributed by atoms with van der Waals surface area (Å²) in [4.78, 5) is 32.3. The summed E-state index contributed by atoms with van der Waals surface area (Å²) in [6, 6.07) is 30.8. The fourth-order valence-electron chi connectivity index (χ4n) is 6.16. The highest BCUT2D eigenvalue weighted by atomic mass is 32.2. The number of pyridine rings is 1. The zero-order chi connectivity index (χ0) is 30.9. The van der Waals surface area contributed by atoms with E-state index in [1.54, 1.807) is 18.2 Å². The van der Waals surface area contributed by atoms with Gasteiger partial charge in [0.25, 0.3) is 10.0 Å². The third-order valence-corrected chi connectivity index (χ3v) is 10.2. The van der Waals surface area contributed by atoms with Crippen molar-refractivity contribution in [3.8, 4) is 6.07 Å². The molecule has 2 fully saturated rings. The van der Waals surface area contributed by atoms with Gasteiger partial charge < -0.3 is 4.74 Å².